The molecular weight excluding hydrogens is 368 g/mol. The summed E-state index contributed by atoms with van der Waals surface area (Å²) in [7, 11) is 0. The van der Waals surface area contributed by atoms with Crippen LogP contribution in [-0.2, 0) is 4.79 Å². The maximum Gasteiger partial charge on any atom is 0.267 e. The number of amides is 1. The van der Waals surface area contributed by atoms with Gasteiger partial charge in [-0.3, -0.25) is 14.2 Å². The molecule has 140 valence electrons. The Labute approximate surface area is 160 Å². The van der Waals surface area contributed by atoms with Crippen molar-refractivity contribution in [2.75, 3.05) is 13.1 Å². The molecule has 0 bridgehead atoms. The van der Waals surface area contributed by atoms with Crippen molar-refractivity contribution in [3.8, 4) is 11.3 Å². The molecule has 3 heterocycles. The van der Waals surface area contributed by atoms with Gasteiger partial charge in [0, 0.05) is 23.7 Å². The summed E-state index contributed by atoms with van der Waals surface area (Å²) in [6.45, 7) is 3.37. The second kappa shape index (κ2) is 7.15. The van der Waals surface area contributed by atoms with Gasteiger partial charge in [0.05, 0.1) is 0 Å². The minimum absolute atomic E-state index is 0.0391. The van der Waals surface area contributed by atoms with E-state index in [1.807, 2.05) is 11.8 Å². The van der Waals surface area contributed by atoms with Crippen molar-refractivity contribution in [2.45, 2.75) is 32.2 Å². The lowest BCUT2D eigenvalue weighted by molar-refractivity contribution is -0.133. The van der Waals surface area contributed by atoms with Gasteiger partial charge in [0.1, 0.15) is 23.4 Å². The smallest absolute Gasteiger partial charge is 0.267 e. The Balaban J connectivity index is 1.81. The van der Waals surface area contributed by atoms with Gasteiger partial charge < -0.3 is 9.42 Å². The number of carbonyl (C=O) groups is 1. The molecule has 4 rings (SSSR count). The van der Waals surface area contributed by atoms with E-state index in [9.17, 15) is 9.59 Å². The number of nitrogens with zero attached hydrogens (tertiary/aromatic N) is 4. The Morgan fingerprint density at radius 2 is 1.96 bits per heavy atom. The van der Waals surface area contributed by atoms with Crippen molar-refractivity contribution < 1.29 is 9.32 Å². The van der Waals surface area contributed by atoms with Gasteiger partial charge in [0.25, 0.3) is 11.3 Å². The number of aromatic nitrogens is 3. The highest BCUT2D eigenvalue weighted by Gasteiger charge is 2.29. The summed E-state index contributed by atoms with van der Waals surface area (Å²) in [5.74, 6) is -0.0391. The van der Waals surface area contributed by atoms with Gasteiger partial charge in [-0.15, -0.1) is 0 Å². The monoisotopic (exact) mass is 386 g/mol. The first kappa shape index (κ1) is 17.7. The van der Waals surface area contributed by atoms with Crippen LogP contribution in [0.4, 0.5) is 0 Å². The molecular formula is C19H19ClN4O3. The summed E-state index contributed by atoms with van der Waals surface area (Å²) in [6, 6.07) is 6.39. The van der Waals surface area contributed by atoms with Crippen LogP contribution in [0, 0.1) is 0 Å². The van der Waals surface area contributed by atoms with Crippen molar-refractivity contribution in [1.82, 2.24) is 19.6 Å². The number of hydrogen-bond donors (Lipinski definition) is 0. The molecule has 1 amide bonds. The summed E-state index contributed by atoms with van der Waals surface area (Å²) in [5.41, 5.74) is 0.931. The van der Waals surface area contributed by atoms with E-state index in [4.69, 9.17) is 16.1 Å². The van der Waals surface area contributed by atoms with Gasteiger partial charge in [0.15, 0.2) is 0 Å². The first-order chi connectivity index (χ1) is 13.1. The second-order valence-electron chi connectivity index (χ2n) is 6.63. The molecule has 1 saturated heterocycles. The Bertz CT molecular complexity index is 1040. The van der Waals surface area contributed by atoms with E-state index < -0.39 is 6.04 Å². The highest BCUT2D eigenvalue weighted by atomic mass is 35.5. The van der Waals surface area contributed by atoms with Crippen molar-refractivity contribution in [3.63, 3.8) is 0 Å². The van der Waals surface area contributed by atoms with Gasteiger partial charge in [-0.25, -0.2) is 4.98 Å². The lowest BCUT2D eigenvalue weighted by Gasteiger charge is -2.23. The highest BCUT2D eigenvalue weighted by Crippen LogP contribution is 2.26. The van der Waals surface area contributed by atoms with Crippen LogP contribution in [0.5, 0.6) is 0 Å². The Morgan fingerprint density at radius 1 is 1.26 bits per heavy atom. The van der Waals surface area contributed by atoms with Crippen LogP contribution in [0.1, 0.15) is 32.2 Å². The predicted molar refractivity (Wildman–Crippen MR) is 102 cm³/mol. The molecule has 1 atom stereocenters. The summed E-state index contributed by atoms with van der Waals surface area (Å²) in [6.07, 6.45) is 3.88. The van der Waals surface area contributed by atoms with Gasteiger partial charge in [-0.1, -0.05) is 35.8 Å². The minimum atomic E-state index is -0.583. The third kappa shape index (κ3) is 3.12. The number of halogens is 1. The lowest BCUT2D eigenvalue weighted by atomic mass is 10.1. The molecule has 1 unspecified atom stereocenters. The van der Waals surface area contributed by atoms with E-state index in [-0.39, 0.29) is 22.6 Å². The lowest BCUT2D eigenvalue weighted by Crippen LogP contribution is -2.38. The second-order valence-corrected chi connectivity index (χ2v) is 7.07. The first-order valence-electron chi connectivity index (χ1n) is 9.01. The molecule has 0 N–H and O–H groups in total. The van der Waals surface area contributed by atoms with Gasteiger partial charge in [-0.2, -0.15) is 0 Å². The molecule has 0 spiro atoms. The molecule has 0 saturated carbocycles. The zero-order valence-corrected chi connectivity index (χ0v) is 15.6. The Kier molecular flexibility index (Phi) is 4.70. The minimum Gasteiger partial charge on any atom is -0.341 e. The Morgan fingerprint density at radius 3 is 2.63 bits per heavy atom. The van der Waals surface area contributed by atoms with E-state index in [0.717, 1.165) is 25.9 Å². The number of fused-ring (bicyclic) bond motifs is 1. The fourth-order valence-electron chi connectivity index (χ4n) is 3.52. The molecule has 2 aromatic heterocycles. The number of benzene rings is 1. The molecule has 1 aromatic carbocycles. The zero-order valence-electron chi connectivity index (χ0n) is 14.9. The van der Waals surface area contributed by atoms with E-state index >= 15 is 0 Å². The summed E-state index contributed by atoms with van der Waals surface area (Å²) < 4.78 is 6.64. The fourth-order valence-corrected chi connectivity index (χ4v) is 3.65. The van der Waals surface area contributed by atoms with Crippen LogP contribution in [0.15, 0.2) is 39.9 Å². The standard InChI is InChI=1S/C19H19ClN4O3/c1-2-14(18(25)23-9-3-4-10-23)24-11-21-17-15(19(24)26)16(22-27-17)12-5-7-13(20)8-6-12/h5-8,11,14H,2-4,9-10H2,1H3. The summed E-state index contributed by atoms with van der Waals surface area (Å²) in [4.78, 5) is 32.1. The zero-order chi connectivity index (χ0) is 19.0. The maximum atomic E-state index is 13.2. The van der Waals surface area contributed by atoms with Crippen LogP contribution in [-0.4, -0.2) is 38.6 Å². The topological polar surface area (TPSA) is 81.2 Å². The SMILES string of the molecule is CCC(C(=O)N1CCCC1)n1cnc2onc(-c3ccc(Cl)cc3)c2c1=O. The largest absolute Gasteiger partial charge is 0.341 e. The molecule has 27 heavy (non-hydrogen) atoms. The average molecular weight is 387 g/mol. The third-order valence-corrected chi connectivity index (χ3v) is 5.22. The summed E-state index contributed by atoms with van der Waals surface area (Å²) in [5, 5.41) is 4.87. The van der Waals surface area contributed by atoms with Crippen LogP contribution >= 0.6 is 11.6 Å². The number of carbonyl (C=O) groups excluding carboxylic acids is 1. The van der Waals surface area contributed by atoms with Crippen LogP contribution < -0.4 is 5.56 Å². The van der Waals surface area contributed by atoms with Gasteiger partial charge >= 0.3 is 0 Å². The van der Waals surface area contributed by atoms with Crippen LogP contribution in [0.3, 0.4) is 0 Å². The van der Waals surface area contributed by atoms with E-state index in [1.54, 1.807) is 24.3 Å². The molecule has 0 aliphatic carbocycles. The van der Waals surface area contributed by atoms with Gasteiger partial charge in [0.2, 0.25) is 5.91 Å². The average Bonchev–Trinajstić information content (AvgIpc) is 3.35. The molecule has 1 aliphatic rings. The number of likely N-dealkylation sites (tertiary alicyclic amines) is 1. The predicted octanol–water partition coefficient (Wildman–Crippen LogP) is 3.28. The highest BCUT2D eigenvalue weighted by molar-refractivity contribution is 6.30. The van der Waals surface area contributed by atoms with E-state index in [2.05, 4.69) is 10.1 Å². The van der Waals surface area contributed by atoms with Crippen molar-refractivity contribution >= 4 is 28.6 Å². The Hall–Kier alpha value is -2.67. The van der Waals surface area contributed by atoms with Crippen LogP contribution in [0.2, 0.25) is 5.02 Å². The molecule has 1 fully saturated rings. The molecule has 3 aromatic rings. The normalized spacial score (nSPS) is 15.4. The van der Waals surface area contributed by atoms with E-state index in [1.165, 1.54) is 10.9 Å². The number of hydrogen-bond acceptors (Lipinski definition) is 5. The molecule has 1 aliphatic heterocycles. The quantitative estimate of drug-likeness (QED) is 0.687. The summed E-state index contributed by atoms with van der Waals surface area (Å²) >= 11 is 5.94. The van der Waals surface area contributed by atoms with Crippen molar-refractivity contribution in [1.29, 1.82) is 0 Å². The fraction of sp³-hybridized carbons (Fsp3) is 0.368. The van der Waals surface area contributed by atoms with Gasteiger partial charge in [-0.05, 0) is 31.4 Å². The molecule has 8 heteroatoms. The van der Waals surface area contributed by atoms with Crippen molar-refractivity contribution in [3.05, 3.63) is 46.0 Å². The van der Waals surface area contributed by atoms with E-state index in [0.29, 0.717) is 22.7 Å². The maximum absolute atomic E-state index is 13.2. The third-order valence-electron chi connectivity index (χ3n) is 4.96. The van der Waals surface area contributed by atoms with Crippen LogP contribution in [0.25, 0.3) is 22.4 Å². The molecule has 7 nitrogen and oxygen atoms in total. The number of rotatable bonds is 4. The first-order valence-corrected chi connectivity index (χ1v) is 9.39. The van der Waals surface area contributed by atoms with Crippen molar-refractivity contribution in [2.24, 2.45) is 0 Å². The molecule has 0 radical (unpaired) electrons.